The van der Waals surface area contributed by atoms with Crippen molar-refractivity contribution in [2.75, 3.05) is 13.1 Å². The summed E-state index contributed by atoms with van der Waals surface area (Å²) in [5.41, 5.74) is 6.88. The lowest BCUT2D eigenvalue weighted by Gasteiger charge is -2.40. The molecule has 0 bridgehead atoms. The molecule has 100 valence electrons. The second-order valence-electron chi connectivity index (χ2n) is 4.95. The van der Waals surface area contributed by atoms with E-state index in [9.17, 15) is 4.39 Å². The summed E-state index contributed by atoms with van der Waals surface area (Å²) in [6.45, 7) is 4.09. The van der Waals surface area contributed by atoms with Crippen molar-refractivity contribution in [1.29, 1.82) is 0 Å². The lowest BCUT2D eigenvalue weighted by Crippen LogP contribution is -2.46. The highest BCUT2D eigenvalue weighted by atomic mass is 35.5. The number of likely N-dealkylation sites (tertiary alicyclic amines) is 1. The Morgan fingerprint density at radius 1 is 1.50 bits per heavy atom. The molecule has 2 N–H and O–H groups in total. The zero-order valence-electron chi connectivity index (χ0n) is 10.7. The quantitative estimate of drug-likeness (QED) is 0.913. The summed E-state index contributed by atoms with van der Waals surface area (Å²) in [6, 6.07) is 4.88. The number of nitrogens with two attached hydrogens (primary N) is 1. The van der Waals surface area contributed by atoms with Gasteiger partial charge in [-0.15, -0.1) is 0 Å². The van der Waals surface area contributed by atoms with Crippen molar-refractivity contribution in [2.45, 2.75) is 38.3 Å². The molecule has 2 rings (SSSR count). The minimum Gasteiger partial charge on any atom is -0.326 e. The Morgan fingerprint density at radius 2 is 2.28 bits per heavy atom. The molecular formula is C14H20ClFN2. The van der Waals surface area contributed by atoms with Crippen molar-refractivity contribution in [1.82, 2.24) is 4.90 Å². The van der Waals surface area contributed by atoms with Crippen LogP contribution in [0.15, 0.2) is 18.2 Å². The first-order valence-corrected chi connectivity index (χ1v) is 6.96. The fourth-order valence-electron chi connectivity index (χ4n) is 2.80. The fraction of sp³-hybridized carbons (Fsp3) is 0.571. The van der Waals surface area contributed by atoms with E-state index in [1.165, 1.54) is 6.07 Å². The van der Waals surface area contributed by atoms with E-state index in [0.29, 0.717) is 10.6 Å². The second kappa shape index (κ2) is 6.00. The van der Waals surface area contributed by atoms with E-state index in [4.69, 9.17) is 17.3 Å². The average Bonchev–Trinajstić information content (AvgIpc) is 2.31. The summed E-state index contributed by atoms with van der Waals surface area (Å²) < 4.78 is 14.1. The van der Waals surface area contributed by atoms with E-state index in [1.54, 1.807) is 12.1 Å². The maximum absolute atomic E-state index is 14.1. The Bertz CT molecular complexity index is 409. The highest BCUT2D eigenvalue weighted by Crippen LogP contribution is 2.32. The number of halogens is 2. The first-order chi connectivity index (χ1) is 8.63. The number of nitrogens with zero attached hydrogens (tertiary/aromatic N) is 1. The van der Waals surface area contributed by atoms with Crippen LogP contribution in [-0.4, -0.2) is 24.0 Å². The predicted octanol–water partition coefficient (Wildman–Crippen LogP) is 3.35. The van der Waals surface area contributed by atoms with Gasteiger partial charge >= 0.3 is 0 Å². The van der Waals surface area contributed by atoms with E-state index in [2.05, 4.69) is 11.8 Å². The van der Waals surface area contributed by atoms with Crippen LogP contribution in [0.4, 0.5) is 4.39 Å². The average molecular weight is 271 g/mol. The topological polar surface area (TPSA) is 29.3 Å². The molecular weight excluding hydrogens is 251 g/mol. The van der Waals surface area contributed by atoms with Crippen LogP contribution >= 0.6 is 11.6 Å². The Hall–Kier alpha value is -0.640. The monoisotopic (exact) mass is 270 g/mol. The van der Waals surface area contributed by atoms with Crippen molar-refractivity contribution in [3.05, 3.63) is 34.6 Å². The van der Waals surface area contributed by atoms with Crippen LogP contribution in [-0.2, 0) is 0 Å². The summed E-state index contributed by atoms with van der Waals surface area (Å²) in [5, 5.41) is 0.433. The molecule has 0 spiro atoms. The molecule has 2 unspecified atom stereocenters. The highest BCUT2D eigenvalue weighted by Gasteiger charge is 2.31. The maximum atomic E-state index is 14.1. The van der Waals surface area contributed by atoms with Gasteiger partial charge in [0.05, 0.1) is 6.04 Å². The molecule has 1 aliphatic rings. The van der Waals surface area contributed by atoms with E-state index >= 15 is 0 Å². The molecule has 0 saturated carbocycles. The third kappa shape index (κ3) is 2.85. The molecule has 1 heterocycles. The molecule has 1 aliphatic heterocycles. The van der Waals surface area contributed by atoms with Gasteiger partial charge in [0.15, 0.2) is 0 Å². The SMILES string of the molecule is CCCN1CCCC(N)C1c1ccc(Cl)cc1F. The van der Waals surface area contributed by atoms with Gasteiger partial charge in [0.25, 0.3) is 0 Å². The number of hydrogen-bond acceptors (Lipinski definition) is 2. The molecule has 1 saturated heterocycles. The number of piperidine rings is 1. The van der Waals surface area contributed by atoms with E-state index in [1.807, 2.05) is 0 Å². The van der Waals surface area contributed by atoms with Crippen LogP contribution in [0.5, 0.6) is 0 Å². The van der Waals surface area contributed by atoms with Crippen molar-refractivity contribution in [3.8, 4) is 0 Å². The van der Waals surface area contributed by atoms with Crippen LogP contribution in [0, 0.1) is 5.82 Å². The third-order valence-electron chi connectivity index (χ3n) is 3.57. The van der Waals surface area contributed by atoms with Gasteiger partial charge in [-0.2, -0.15) is 0 Å². The van der Waals surface area contributed by atoms with Gasteiger partial charge in [-0.3, -0.25) is 4.90 Å². The first kappa shape index (κ1) is 13.8. The Labute approximate surface area is 113 Å². The van der Waals surface area contributed by atoms with Crippen LogP contribution in [0.1, 0.15) is 37.8 Å². The van der Waals surface area contributed by atoms with E-state index < -0.39 is 0 Å². The van der Waals surface area contributed by atoms with Gasteiger partial charge in [-0.05, 0) is 44.5 Å². The molecule has 4 heteroatoms. The van der Waals surface area contributed by atoms with Gasteiger partial charge in [0.2, 0.25) is 0 Å². The Kier molecular flexibility index (Phi) is 4.60. The molecule has 0 amide bonds. The van der Waals surface area contributed by atoms with Gasteiger partial charge in [-0.1, -0.05) is 24.6 Å². The summed E-state index contributed by atoms with van der Waals surface area (Å²) in [6.07, 6.45) is 3.10. The van der Waals surface area contributed by atoms with Crippen LogP contribution in [0.25, 0.3) is 0 Å². The molecule has 2 atom stereocenters. The van der Waals surface area contributed by atoms with Gasteiger partial charge in [-0.25, -0.2) is 4.39 Å². The summed E-state index contributed by atoms with van der Waals surface area (Å²) >= 11 is 5.80. The van der Waals surface area contributed by atoms with Gasteiger partial charge in [0, 0.05) is 16.6 Å². The molecule has 0 aliphatic carbocycles. The summed E-state index contributed by atoms with van der Waals surface area (Å²) in [5.74, 6) is -0.244. The molecule has 2 nitrogen and oxygen atoms in total. The molecule has 18 heavy (non-hydrogen) atoms. The zero-order chi connectivity index (χ0) is 13.1. The van der Waals surface area contributed by atoms with Crippen molar-refractivity contribution in [2.24, 2.45) is 5.73 Å². The normalized spacial score (nSPS) is 25.3. The predicted molar refractivity (Wildman–Crippen MR) is 73.2 cm³/mol. The number of hydrogen-bond donors (Lipinski definition) is 1. The number of rotatable bonds is 3. The molecule has 1 fully saturated rings. The van der Waals surface area contributed by atoms with Crippen LogP contribution in [0.2, 0.25) is 5.02 Å². The van der Waals surface area contributed by atoms with Crippen molar-refractivity contribution >= 4 is 11.6 Å². The van der Waals surface area contributed by atoms with Crippen molar-refractivity contribution < 1.29 is 4.39 Å². The maximum Gasteiger partial charge on any atom is 0.129 e. The van der Waals surface area contributed by atoms with Crippen LogP contribution in [0.3, 0.4) is 0 Å². The second-order valence-corrected chi connectivity index (χ2v) is 5.39. The Balaban J connectivity index is 2.31. The molecule has 1 aromatic rings. The lowest BCUT2D eigenvalue weighted by atomic mass is 9.90. The molecule has 0 aromatic heterocycles. The third-order valence-corrected chi connectivity index (χ3v) is 3.81. The fourth-order valence-corrected chi connectivity index (χ4v) is 2.96. The lowest BCUT2D eigenvalue weighted by molar-refractivity contribution is 0.126. The minimum atomic E-state index is -0.244. The van der Waals surface area contributed by atoms with Crippen molar-refractivity contribution in [3.63, 3.8) is 0 Å². The summed E-state index contributed by atoms with van der Waals surface area (Å²) in [7, 11) is 0. The minimum absolute atomic E-state index is 0.000903. The largest absolute Gasteiger partial charge is 0.326 e. The number of benzene rings is 1. The van der Waals surface area contributed by atoms with E-state index in [0.717, 1.165) is 32.4 Å². The highest BCUT2D eigenvalue weighted by molar-refractivity contribution is 6.30. The van der Waals surface area contributed by atoms with Gasteiger partial charge < -0.3 is 5.73 Å². The van der Waals surface area contributed by atoms with Gasteiger partial charge in [0.1, 0.15) is 5.82 Å². The smallest absolute Gasteiger partial charge is 0.129 e. The zero-order valence-corrected chi connectivity index (χ0v) is 11.5. The standard InChI is InChI=1S/C14H20ClFN2/c1-2-7-18-8-3-4-13(17)14(18)11-6-5-10(15)9-12(11)16/h5-6,9,13-14H,2-4,7-8,17H2,1H3. The first-order valence-electron chi connectivity index (χ1n) is 6.58. The van der Waals surface area contributed by atoms with Crippen LogP contribution < -0.4 is 5.73 Å². The molecule has 1 aromatic carbocycles. The van der Waals surface area contributed by atoms with E-state index in [-0.39, 0.29) is 17.9 Å². The Morgan fingerprint density at radius 3 is 2.94 bits per heavy atom. The molecule has 0 radical (unpaired) electrons. The summed E-state index contributed by atoms with van der Waals surface area (Å²) in [4.78, 5) is 2.29.